The monoisotopic (exact) mass is 268 g/mol. The van der Waals surface area contributed by atoms with Gasteiger partial charge in [0, 0.05) is 17.7 Å². The van der Waals surface area contributed by atoms with Crippen LogP contribution in [0.4, 0.5) is 0 Å². The quantitative estimate of drug-likeness (QED) is 0.415. The van der Waals surface area contributed by atoms with Crippen LogP contribution in [-0.4, -0.2) is 16.9 Å². The molecule has 2 bridgehead atoms. The summed E-state index contributed by atoms with van der Waals surface area (Å²) in [6.45, 7) is 1.48. The molecule has 0 heterocycles. The Balaban J connectivity index is 1.85. The smallest absolute Gasteiger partial charge is 0.303 e. The summed E-state index contributed by atoms with van der Waals surface area (Å²) in [5.41, 5.74) is 0. The van der Waals surface area contributed by atoms with Gasteiger partial charge in [0.15, 0.2) is 0 Å². The average molecular weight is 269 g/mol. The average Bonchev–Trinajstić information content (AvgIpc) is 2.79. The first-order chi connectivity index (χ1) is 7.18. The molecule has 3 aliphatic rings. The lowest BCUT2D eigenvalue weighted by atomic mass is 9.84. The Kier molecular flexibility index (Phi) is 2.06. The molecule has 6 unspecified atom stereocenters. The Morgan fingerprint density at radius 2 is 1.80 bits per heavy atom. The van der Waals surface area contributed by atoms with Gasteiger partial charge in [-0.15, -0.1) is 0 Å². The fourth-order valence-electron chi connectivity index (χ4n) is 3.29. The second kappa shape index (κ2) is 3.21. The summed E-state index contributed by atoms with van der Waals surface area (Å²) in [5.74, 6) is 1.97. The molecule has 80 valence electrons. The lowest BCUT2D eigenvalue weighted by Gasteiger charge is -2.25. The standard InChI is InChI=1S/C12H13BrO2/c1-6(14)15-10-5-4-7-8-2-3-9(11(7)10)12(8)13/h2-5,7-12H,1H3. The van der Waals surface area contributed by atoms with Crippen molar-refractivity contribution in [3.05, 3.63) is 24.3 Å². The Hall–Kier alpha value is -0.570. The molecule has 0 spiro atoms. The highest BCUT2D eigenvalue weighted by molar-refractivity contribution is 9.09. The van der Waals surface area contributed by atoms with E-state index in [-0.39, 0.29) is 12.1 Å². The van der Waals surface area contributed by atoms with E-state index >= 15 is 0 Å². The van der Waals surface area contributed by atoms with Gasteiger partial charge in [-0.1, -0.05) is 34.2 Å². The van der Waals surface area contributed by atoms with Crippen molar-refractivity contribution in [3.8, 4) is 0 Å². The molecule has 3 aliphatic carbocycles. The topological polar surface area (TPSA) is 26.3 Å². The Morgan fingerprint density at radius 1 is 1.13 bits per heavy atom. The summed E-state index contributed by atoms with van der Waals surface area (Å²) < 4.78 is 5.35. The van der Waals surface area contributed by atoms with Crippen molar-refractivity contribution >= 4 is 21.9 Å². The first kappa shape index (κ1) is 9.64. The summed E-state index contributed by atoms with van der Waals surface area (Å²) in [5, 5.41) is 0. The van der Waals surface area contributed by atoms with Gasteiger partial charge in [0.2, 0.25) is 0 Å². The largest absolute Gasteiger partial charge is 0.458 e. The maximum atomic E-state index is 11.0. The van der Waals surface area contributed by atoms with Crippen LogP contribution in [0.5, 0.6) is 0 Å². The summed E-state index contributed by atoms with van der Waals surface area (Å²) in [6.07, 6.45) is 8.84. The molecular weight excluding hydrogens is 256 g/mol. The molecule has 3 heteroatoms. The number of esters is 1. The molecule has 0 amide bonds. The zero-order valence-electron chi connectivity index (χ0n) is 8.47. The van der Waals surface area contributed by atoms with Crippen molar-refractivity contribution in [3.63, 3.8) is 0 Å². The molecule has 0 aromatic carbocycles. The van der Waals surface area contributed by atoms with Crippen LogP contribution >= 0.6 is 15.9 Å². The van der Waals surface area contributed by atoms with E-state index < -0.39 is 0 Å². The summed E-state index contributed by atoms with van der Waals surface area (Å²) in [4.78, 5) is 11.5. The van der Waals surface area contributed by atoms with E-state index in [1.54, 1.807) is 0 Å². The zero-order chi connectivity index (χ0) is 10.6. The number of carbonyl (C=O) groups excluding carboxylic acids is 1. The molecule has 2 nitrogen and oxygen atoms in total. The van der Waals surface area contributed by atoms with Gasteiger partial charge in [0.25, 0.3) is 0 Å². The van der Waals surface area contributed by atoms with Crippen LogP contribution < -0.4 is 0 Å². The zero-order valence-corrected chi connectivity index (χ0v) is 10.1. The van der Waals surface area contributed by atoms with Crippen LogP contribution in [0.2, 0.25) is 0 Å². The Bertz CT molecular complexity index is 361. The first-order valence-corrected chi connectivity index (χ1v) is 6.28. The summed E-state index contributed by atoms with van der Waals surface area (Å²) in [7, 11) is 0. The number of halogens is 1. The van der Waals surface area contributed by atoms with E-state index in [9.17, 15) is 4.79 Å². The van der Waals surface area contributed by atoms with Crippen LogP contribution in [0.25, 0.3) is 0 Å². The van der Waals surface area contributed by atoms with E-state index in [1.165, 1.54) is 6.92 Å². The minimum atomic E-state index is -0.178. The number of fused-ring (bicyclic) bond motifs is 5. The third-order valence-corrected chi connectivity index (χ3v) is 5.05. The molecule has 1 fully saturated rings. The van der Waals surface area contributed by atoms with Crippen LogP contribution in [0.1, 0.15) is 6.92 Å². The highest BCUT2D eigenvalue weighted by Crippen LogP contribution is 2.56. The van der Waals surface area contributed by atoms with Gasteiger partial charge in [0.05, 0.1) is 0 Å². The normalized spacial score (nSPS) is 49.7. The van der Waals surface area contributed by atoms with Crippen LogP contribution in [0, 0.1) is 23.7 Å². The van der Waals surface area contributed by atoms with Crippen molar-refractivity contribution in [2.24, 2.45) is 23.7 Å². The van der Waals surface area contributed by atoms with Gasteiger partial charge in [0.1, 0.15) is 6.10 Å². The lowest BCUT2D eigenvalue weighted by Crippen LogP contribution is -2.28. The van der Waals surface area contributed by atoms with Gasteiger partial charge in [-0.25, -0.2) is 0 Å². The minimum absolute atomic E-state index is 0.00694. The lowest BCUT2D eigenvalue weighted by molar-refractivity contribution is -0.146. The van der Waals surface area contributed by atoms with Crippen molar-refractivity contribution in [2.45, 2.75) is 17.9 Å². The highest BCUT2D eigenvalue weighted by Gasteiger charge is 2.54. The van der Waals surface area contributed by atoms with Crippen LogP contribution in [-0.2, 0) is 9.53 Å². The maximum absolute atomic E-state index is 11.0. The Labute approximate surface area is 97.5 Å². The van der Waals surface area contributed by atoms with Gasteiger partial charge < -0.3 is 4.74 Å². The number of alkyl halides is 1. The molecule has 15 heavy (non-hydrogen) atoms. The fraction of sp³-hybridized carbons (Fsp3) is 0.583. The van der Waals surface area contributed by atoms with Gasteiger partial charge in [-0.3, -0.25) is 4.79 Å². The number of ether oxygens (including phenoxy) is 1. The van der Waals surface area contributed by atoms with Crippen molar-refractivity contribution < 1.29 is 9.53 Å². The van der Waals surface area contributed by atoms with Crippen LogP contribution in [0.3, 0.4) is 0 Å². The van der Waals surface area contributed by atoms with Crippen molar-refractivity contribution in [1.82, 2.24) is 0 Å². The third kappa shape index (κ3) is 1.25. The molecule has 0 saturated heterocycles. The van der Waals surface area contributed by atoms with Crippen molar-refractivity contribution in [2.75, 3.05) is 0 Å². The SMILES string of the molecule is CC(=O)OC1C=CC2C3C=CC(C3Br)C12. The van der Waals surface area contributed by atoms with Crippen molar-refractivity contribution in [1.29, 1.82) is 0 Å². The van der Waals surface area contributed by atoms with E-state index in [1.807, 2.05) is 0 Å². The molecule has 0 aromatic heterocycles. The van der Waals surface area contributed by atoms with Gasteiger partial charge in [-0.05, 0) is 23.8 Å². The highest BCUT2D eigenvalue weighted by atomic mass is 79.9. The summed E-state index contributed by atoms with van der Waals surface area (Å²) in [6, 6.07) is 0. The van der Waals surface area contributed by atoms with E-state index in [0.717, 1.165) is 0 Å². The number of carbonyl (C=O) groups is 1. The molecule has 1 saturated carbocycles. The molecule has 6 atom stereocenters. The molecule has 0 aliphatic heterocycles. The predicted octanol–water partition coefficient (Wildman–Crippen LogP) is 2.30. The molecule has 0 aromatic rings. The second-order valence-electron chi connectivity index (χ2n) is 4.60. The first-order valence-electron chi connectivity index (χ1n) is 5.36. The second-order valence-corrected chi connectivity index (χ2v) is 5.66. The fourth-order valence-corrected chi connectivity index (χ4v) is 4.35. The van der Waals surface area contributed by atoms with E-state index in [4.69, 9.17) is 4.74 Å². The van der Waals surface area contributed by atoms with Crippen LogP contribution in [0.15, 0.2) is 24.3 Å². The van der Waals surface area contributed by atoms with E-state index in [2.05, 4.69) is 40.2 Å². The molecule has 3 rings (SSSR count). The molecule has 0 radical (unpaired) electrons. The predicted molar refractivity (Wildman–Crippen MR) is 60.5 cm³/mol. The Morgan fingerprint density at radius 3 is 2.53 bits per heavy atom. The van der Waals surface area contributed by atoms with Gasteiger partial charge in [-0.2, -0.15) is 0 Å². The maximum Gasteiger partial charge on any atom is 0.303 e. The third-order valence-electron chi connectivity index (χ3n) is 3.83. The van der Waals surface area contributed by atoms with Gasteiger partial charge >= 0.3 is 5.97 Å². The number of rotatable bonds is 1. The summed E-state index contributed by atoms with van der Waals surface area (Å²) >= 11 is 3.74. The number of allylic oxidation sites excluding steroid dienone is 3. The molecular formula is C12H13BrO2. The minimum Gasteiger partial charge on any atom is -0.458 e. The van der Waals surface area contributed by atoms with E-state index in [0.29, 0.717) is 28.5 Å². The number of hydrogen-bond donors (Lipinski definition) is 0. The molecule has 0 N–H and O–H groups in total. The number of hydrogen-bond acceptors (Lipinski definition) is 2.